The second-order valence-corrected chi connectivity index (χ2v) is 4.93. The van der Waals surface area contributed by atoms with Crippen LogP contribution in [-0.4, -0.2) is 12.6 Å². The molecule has 3 nitrogen and oxygen atoms in total. The third kappa shape index (κ3) is 4.31. The zero-order valence-electron chi connectivity index (χ0n) is 11.2. The summed E-state index contributed by atoms with van der Waals surface area (Å²) in [5, 5.41) is 3.50. The van der Waals surface area contributed by atoms with E-state index in [1.165, 1.54) is 18.4 Å². The molecule has 1 N–H and O–H groups in total. The van der Waals surface area contributed by atoms with E-state index in [0.29, 0.717) is 6.61 Å². The lowest BCUT2D eigenvalue weighted by molar-refractivity contribution is 0.104. The lowest BCUT2D eigenvalue weighted by Crippen LogP contribution is -2.15. The van der Waals surface area contributed by atoms with Gasteiger partial charge in [0.1, 0.15) is 18.1 Å². The summed E-state index contributed by atoms with van der Waals surface area (Å²) >= 11 is 0. The van der Waals surface area contributed by atoms with Crippen LogP contribution in [0.15, 0.2) is 23.1 Å². The first-order valence-electron chi connectivity index (χ1n) is 6.80. The summed E-state index contributed by atoms with van der Waals surface area (Å²) < 4.78 is 11.3. The Morgan fingerprint density at radius 2 is 2.39 bits per heavy atom. The SMILES string of the molecule is C=CCCCOCc1cc(CNC2CC2)c(C)o1. The van der Waals surface area contributed by atoms with Crippen LogP contribution < -0.4 is 5.32 Å². The number of furan rings is 1. The van der Waals surface area contributed by atoms with Gasteiger partial charge in [-0.2, -0.15) is 0 Å². The van der Waals surface area contributed by atoms with Gasteiger partial charge < -0.3 is 14.5 Å². The minimum atomic E-state index is 0.571. The van der Waals surface area contributed by atoms with Crippen LogP contribution in [0.4, 0.5) is 0 Å². The normalized spacial score (nSPS) is 14.9. The molecule has 3 heteroatoms. The van der Waals surface area contributed by atoms with E-state index in [-0.39, 0.29) is 0 Å². The maximum Gasteiger partial charge on any atom is 0.130 e. The molecule has 1 saturated carbocycles. The molecule has 0 saturated heterocycles. The number of aryl methyl sites for hydroxylation is 1. The molecule has 2 rings (SSSR count). The van der Waals surface area contributed by atoms with E-state index in [1.54, 1.807) is 0 Å². The molecule has 0 aromatic carbocycles. The molecule has 0 amide bonds. The Kier molecular flexibility index (Phi) is 5.02. The molecule has 0 aliphatic heterocycles. The second-order valence-electron chi connectivity index (χ2n) is 4.93. The van der Waals surface area contributed by atoms with Crippen molar-refractivity contribution in [2.24, 2.45) is 0 Å². The van der Waals surface area contributed by atoms with Crippen LogP contribution in [0.5, 0.6) is 0 Å². The van der Waals surface area contributed by atoms with Crippen molar-refractivity contribution in [2.75, 3.05) is 6.61 Å². The molecular formula is C15H23NO2. The third-order valence-electron chi connectivity index (χ3n) is 3.17. The number of hydrogen-bond acceptors (Lipinski definition) is 3. The van der Waals surface area contributed by atoms with Crippen LogP contribution in [-0.2, 0) is 17.9 Å². The van der Waals surface area contributed by atoms with Crippen LogP contribution in [0.2, 0.25) is 0 Å². The van der Waals surface area contributed by atoms with E-state index < -0.39 is 0 Å². The maximum absolute atomic E-state index is 5.69. The van der Waals surface area contributed by atoms with E-state index in [0.717, 1.165) is 43.6 Å². The molecule has 1 aromatic heterocycles. The van der Waals surface area contributed by atoms with E-state index in [2.05, 4.69) is 18.0 Å². The standard InChI is InChI=1S/C15H23NO2/c1-3-4-5-8-17-11-15-9-13(12(2)18-15)10-16-14-6-7-14/h3,9,14,16H,1,4-8,10-11H2,2H3. The zero-order valence-corrected chi connectivity index (χ0v) is 11.2. The lowest BCUT2D eigenvalue weighted by Gasteiger charge is -1.99. The van der Waals surface area contributed by atoms with Gasteiger partial charge in [0.15, 0.2) is 0 Å². The van der Waals surface area contributed by atoms with E-state index in [4.69, 9.17) is 9.15 Å². The molecule has 0 radical (unpaired) electrons. The van der Waals surface area contributed by atoms with Crippen LogP contribution in [0.1, 0.15) is 42.8 Å². The Labute approximate surface area is 109 Å². The number of ether oxygens (including phenoxy) is 1. The first kappa shape index (κ1) is 13.4. The van der Waals surface area contributed by atoms with Gasteiger partial charge in [0.2, 0.25) is 0 Å². The second kappa shape index (κ2) is 6.76. The molecule has 0 atom stereocenters. The summed E-state index contributed by atoms with van der Waals surface area (Å²) in [6.07, 6.45) is 6.58. The largest absolute Gasteiger partial charge is 0.464 e. The number of allylic oxidation sites excluding steroid dienone is 1. The van der Waals surface area contributed by atoms with Crippen LogP contribution in [0.3, 0.4) is 0 Å². The van der Waals surface area contributed by atoms with Crippen molar-refractivity contribution < 1.29 is 9.15 Å². The van der Waals surface area contributed by atoms with Gasteiger partial charge in [-0.1, -0.05) is 6.08 Å². The molecule has 0 unspecified atom stereocenters. The Bertz CT molecular complexity index is 380. The zero-order chi connectivity index (χ0) is 12.8. The molecule has 1 heterocycles. The van der Waals surface area contributed by atoms with Gasteiger partial charge in [-0.3, -0.25) is 0 Å². The molecule has 1 fully saturated rings. The Morgan fingerprint density at radius 1 is 1.56 bits per heavy atom. The van der Waals surface area contributed by atoms with Crippen molar-refractivity contribution in [3.05, 3.63) is 35.8 Å². The van der Waals surface area contributed by atoms with E-state index in [9.17, 15) is 0 Å². The van der Waals surface area contributed by atoms with Crippen LogP contribution >= 0.6 is 0 Å². The summed E-state index contributed by atoms with van der Waals surface area (Å²) in [5.74, 6) is 1.94. The van der Waals surface area contributed by atoms with Crippen molar-refractivity contribution in [3.63, 3.8) is 0 Å². The summed E-state index contributed by atoms with van der Waals surface area (Å²) in [5.41, 5.74) is 1.26. The average molecular weight is 249 g/mol. The van der Waals surface area contributed by atoms with Gasteiger partial charge in [0, 0.05) is 24.8 Å². The summed E-state index contributed by atoms with van der Waals surface area (Å²) in [6.45, 7) is 7.96. The van der Waals surface area contributed by atoms with Crippen molar-refractivity contribution >= 4 is 0 Å². The summed E-state index contributed by atoms with van der Waals surface area (Å²) in [6, 6.07) is 2.84. The fraction of sp³-hybridized carbons (Fsp3) is 0.600. The first-order chi connectivity index (χ1) is 8.79. The molecule has 1 aliphatic carbocycles. The molecule has 0 spiro atoms. The molecular weight excluding hydrogens is 226 g/mol. The van der Waals surface area contributed by atoms with Gasteiger partial charge >= 0.3 is 0 Å². The topological polar surface area (TPSA) is 34.4 Å². The predicted octanol–water partition coefficient (Wildman–Crippen LogP) is 3.32. The van der Waals surface area contributed by atoms with Gasteiger partial charge in [0.25, 0.3) is 0 Å². The number of nitrogens with one attached hydrogen (secondary N) is 1. The van der Waals surface area contributed by atoms with E-state index in [1.807, 2.05) is 13.0 Å². The van der Waals surface area contributed by atoms with E-state index >= 15 is 0 Å². The molecule has 0 bridgehead atoms. The number of unbranched alkanes of at least 4 members (excludes halogenated alkanes) is 1. The quantitative estimate of drug-likeness (QED) is 0.538. The van der Waals surface area contributed by atoms with Crippen molar-refractivity contribution in [1.82, 2.24) is 5.32 Å². The number of hydrogen-bond donors (Lipinski definition) is 1. The highest BCUT2D eigenvalue weighted by Crippen LogP contribution is 2.21. The van der Waals surface area contributed by atoms with Crippen LogP contribution in [0.25, 0.3) is 0 Å². The van der Waals surface area contributed by atoms with Crippen molar-refractivity contribution in [1.29, 1.82) is 0 Å². The highest BCUT2D eigenvalue weighted by Gasteiger charge is 2.20. The lowest BCUT2D eigenvalue weighted by atomic mass is 10.2. The Balaban J connectivity index is 1.71. The fourth-order valence-corrected chi connectivity index (χ4v) is 1.88. The smallest absolute Gasteiger partial charge is 0.130 e. The fourth-order valence-electron chi connectivity index (χ4n) is 1.88. The monoisotopic (exact) mass is 249 g/mol. The minimum absolute atomic E-state index is 0.571. The van der Waals surface area contributed by atoms with Crippen LogP contribution in [0, 0.1) is 6.92 Å². The molecule has 1 aliphatic rings. The highest BCUT2D eigenvalue weighted by molar-refractivity contribution is 5.20. The Morgan fingerprint density at radius 3 is 3.11 bits per heavy atom. The first-order valence-corrected chi connectivity index (χ1v) is 6.80. The predicted molar refractivity (Wildman–Crippen MR) is 72.4 cm³/mol. The average Bonchev–Trinajstić information content (AvgIpc) is 3.11. The van der Waals surface area contributed by atoms with Crippen molar-refractivity contribution in [3.8, 4) is 0 Å². The van der Waals surface area contributed by atoms with Gasteiger partial charge in [-0.05, 0) is 38.7 Å². The highest BCUT2D eigenvalue weighted by atomic mass is 16.5. The molecule has 100 valence electrons. The molecule has 1 aromatic rings. The molecule has 18 heavy (non-hydrogen) atoms. The van der Waals surface area contributed by atoms with Gasteiger partial charge in [-0.25, -0.2) is 0 Å². The summed E-state index contributed by atoms with van der Waals surface area (Å²) in [7, 11) is 0. The van der Waals surface area contributed by atoms with Crippen molar-refractivity contribution in [2.45, 2.75) is 51.8 Å². The number of rotatable bonds is 9. The summed E-state index contributed by atoms with van der Waals surface area (Å²) in [4.78, 5) is 0. The Hall–Kier alpha value is -1.06. The van der Waals surface area contributed by atoms with Gasteiger partial charge in [-0.15, -0.1) is 6.58 Å². The van der Waals surface area contributed by atoms with Gasteiger partial charge in [0.05, 0.1) is 0 Å². The maximum atomic E-state index is 5.69. The minimum Gasteiger partial charge on any atom is -0.464 e. The third-order valence-corrected chi connectivity index (χ3v) is 3.17.